The van der Waals surface area contributed by atoms with Gasteiger partial charge in [-0.25, -0.2) is 8.42 Å². The average molecular weight is 503 g/mol. The van der Waals surface area contributed by atoms with Gasteiger partial charge in [-0.05, 0) is 49.4 Å². The lowest BCUT2D eigenvalue weighted by atomic mass is 9.93. The van der Waals surface area contributed by atoms with Crippen molar-refractivity contribution in [1.82, 2.24) is 4.31 Å². The van der Waals surface area contributed by atoms with Crippen LogP contribution in [0.15, 0.2) is 41.3 Å². The second kappa shape index (κ2) is 10.0. The fraction of sp³-hybridized carbons (Fsp3) is 0.350. The summed E-state index contributed by atoms with van der Waals surface area (Å²) in [7, 11) is -4.12. The Bertz CT molecular complexity index is 1110. The normalized spacial score (nSPS) is 15.4. The number of carboxylic acids is 1. The van der Waals surface area contributed by atoms with E-state index in [1.165, 1.54) is 28.6 Å². The van der Waals surface area contributed by atoms with Crippen molar-refractivity contribution in [3.8, 4) is 11.5 Å². The molecule has 9 nitrogen and oxygen atoms in total. The standard InChI is InChI=1S/C20H20Cl2N2O7S/c21-14-9-15(22)11-17(10-14)31-18-3-2-16(24(27)28)12-19(18)32(29,30)23-7-5-13(6-8-23)1-4-20(25)26/h2-3,9-13H,1,4-8H2,(H,25,26). The average Bonchev–Trinajstić information content (AvgIpc) is 2.71. The summed E-state index contributed by atoms with van der Waals surface area (Å²) in [6.07, 6.45) is 1.51. The summed E-state index contributed by atoms with van der Waals surface area (Å²) in [4.78, 5) is 21.0. The zero-order valence-corrected chi connectivity index (χ0v) is 19.1. The van der Waals surface area contributed by atoms with E-state index < -0.39 is 26.6 Å². The molecule has 1 aliphatic rings. The van der Waals surface area contributed by atoms with Crippen LogP contribution in [0, 0.1) is 16.0 Å². The molecule has 0 spiro atoms. The molecule has 0 aromatic heterocycles. The third-order valence-corrected chi connectivity index (χ3v) is 7.52. The van der Waals surface area contributed by atoms with Gasteiger partial charge in [0.15, 0.2) is 0 Å². The van der Waals surface area contributed by atoms with Gasteiger partial charge in [-0.15, -0.1) is 0 Å². The van der Waals surface area contributed by atoms with Gasteiger partial charge < -0.3 is 9.84 Å². The lowest BCUT2D eigenvalue weighted by Crippen LogP contribution is -2.38. The molecule has 1 aliphatic heterocycles. The topological polar surface area (TPSA) is 127 Å². The minimum Gasteiger partial charge on any atom is -0.481 e. The summed E-state index contributed by atoms with van der Waals surface area (Å²) >= 11 is 12.0. The van der Waals surface area contributed by atoms with E-state index in [9.17, 15) is 23.3 Å². The number of aliphatic carboxylic acids is 1. The van der Waals surface area contributed by atoms with E-state index in [-0.39, 0.29) is 51.9 Å². The summed E-state index contributed by atoms with van der Waals surface area (Å²) in [6, 6.07) is 7.71. The number of nitro groups is 1. The number of halogens is 2. The van der Waals surface area contributed by atoms with Crippen molar-refractivity contribution in [1.29, 1.82) is 0 Å². The number of carboxylic acid groups (broad SMARTS) is 1. The van der Waals surface area contributed by atoms with Crippen LogP contribution < -0.4 is 4.74 Å². The minimum atomic E-state index is -4.12. The Balaban J connectivity index is 1.89. The van der Waals surface area contributed by atoms with Crippen LogP contribution in [0.3, 0.4) is 0 Å². The van der Waals surface area contributed by atoms with Gasteiger partial charge in [0.2, 0.25) is 10.0 Å². The predicted octanol–water partition coefficient (Wildman–Crippen LogP) is 4.96. The first-order valence-corrected chi connectivity index (χ1v) is 11.9. The summed E-state index contributed by atoms with van der Waals surface area (Å²) in [5, 5.41) is 20.7. The Hall–Kier alpha value is -2.40. The van der Waals surface area contributed by atoms with Crippen LogP contribution >= 0.6 is 23.2 Å². The van der Waals surface area contributed by atoms with Gasteiger partial charge in [0.1, 0.15) is 16.4 Å². The van der Waals surface area contributed by atoms with E-state index in [0.717, 1.165) is 12.1 Å². The maximum Gasteiger partial charge on any atom is 0.303 e. The lowest BCUT2D eigenvalue weighted by molar-refractivity contribution is -0.385. The van der Waals surface area contributed by atoms with Gasteiger partial charge in [0.05, 0.1) is 4.92 Å². The van der Waals surface area contributed by atoms with Crippen LogP contribution in [-0.4, -0.2) is 41.8 Å². The highest BCUT2D eigenvalue weighted by Gasteiger charge is 2.33. The van der Waals surface area contributed by atoms with E-state index in [1.54, 1.807) is 0 Å². The largest absolute Gasteiger partial charge is 0.481 e. The van der Waals surface area contributed by atoms with Crippen molar-refractivity contribution in [2.24, 2.45) is 5.92 Å². The first kappa shape index (κ1) is 24.2. The quantitative estimate of drug-likeness (QED) is 0.399. The Morgan fingerprint density at radius 1 is 1.16 bits per heavy atom. The number of non-ortho nitro benzene ring substituents is 1. The first-order chi connectivity index (χ1) is 15.1. The number of sulfonamides is 1. The number of piperidine rings is 1. The van der Waals surface area contributed by atoms with E-state index in [4.69, 9.17) is 33.0 Å². The number of benzene rings is 2. The fourth-order valence-electron chi connectivity index (χ4n) is 3.52. The molecule has 172 valence electrons. The third-order valence-electron chi connectivity index (χ3n) is 5.16. The molecule has 2 aromatic rings. The maximum atomic E-state index is 13.4. The molecule has 1 heterocycles. The molecule has 0 bridgehead atoms. The molecule has 0 amide bonds. The molecule has 0 aliphatic carbocycles. The van der Waals surface area contributed by atoms with Crippen molar-refractivity contribution in [3.63, 3.8) is 0 Å². The van der Waals surface area contributed by atoms with Crippen LogP contribution in [0.5, 0.6) is 11.5 Å². The summed E-state index contributed by atoms with van der Waals surface area (Å²) < 4.78 is 33.7. The Labute approximate surface area is 194 Å². The fourth-order valence-corrected chi connectivity index (χ4v) is 5.62. The number of hydrogen-bond donors (Lipinski definition) is 1. The van der Waals surface area contributed by atoms with Gasteiger partial charge in [-0.2, -0.15) is 4.31 Å². The molecular weight excluding hydrogens is 483 g/mol. The number of carbonyl (C=O) groups is 1. The molecule has 0 unspecified atom stereocenters. The number of rotatable bonds is 8. The van der Waals surface area contributed by atoms with Gasteiger partial charge in [0.25, 0.3) is 5.69 Å². The molecule has 3 rings (SSSR count). The van der Waals surface area contributed by atoms with E-state index in [2.05, 4.69) is 0 Å². The van der Waals surface area contributed by atoms with E-state index in [0.29, 0.717) is 19.3 Å². The van der Waals surface area contributed by atoms with Crippen LogP contribution in [-0.2, 0) is 14.8 Å². The summed E-state index contributed by atoms with van der Waals surface area (Å²) in [6.45, 7) is 0.357. The molecule has 12 heteroatoms. The molecule has 1 fully saturated rings. The predicted molar refractivity (Wildman–Crippen MR) is 118 cm³/mol. The van der Waals surface area contributed by atoms with Gasteiger partial charge in [0, 0.05) is 41.7 Å². The second-order valence-electron chi connectivity index (χ2n) is 7.38. The molecule has 32 heavy (non-hydrogen) atoms. The van der Waals surface area contributed by atoms with Crippen LogP contribution in [0.25, 0.3) is 0 Å². The molecule has 0 radical (unpaired) electrons. The smallest absolute Gasteiger partial charge is 0.303 e. The Morgan fingerprint density at radius 2 is 1.78 bits per heavy atom. The Morgan fingerprint density at radius 3 is 2.34 bits per heavy atom. The minimum absolute atomic E-state index is 0.0302. The third kappa shape index (κ3) is 5.89. The molecular formula is C20H20Cl2N2O7S. The van der Waals surface area contributed by atoms with E-state index in [1.807, 2.05) is 0 Å². The van der Waals surface area contributed by atoms with Crippen molar-refractivity contribution in [3.05, 3.63) is 56.6 Å². The molecule has 0 saturated carbocycles. The molecule has 0 atom stereocenters. The number of hydrogen-bond acceptors (Lipinski definition) is 6. The number of ether oxygens (including phenoxy) is 1. The van der Waals surface area contributed by atoms with Crippen molar-refractivity contribution in [2.45, 2.75) is 30.6 Å². The van der Waals surface area contributed by atoms with Gasteiger partial charge in [-0.1, -0.05) is 23.2 Å². The highest BCUT2D eigenvalue weighted by Crippen LogP contribution is 2.37. The van der Waals surface area contributed by atoms with Crippen LogP contribution in [0.1, 0.15) is 25.7 Å². The van der Waals surface area contributed by atoms with Gasteiger partial charge >= 0.3 is 5.97 Å². The van der Waals surface area contributed by atoms with Crippen LogP contribution in [0.4, 0.5) is 5.69 Å². The van der Waals surface area contributed by atoms with Crippen molar-refractivity contribution < 1.29 is 28.0 Å². The highest BCUT2D eigenvalue weighted by atomic mass is 35.5. The molecule has 1 saturated heterocycles. The molecule has 2 aromatic carbocycles. The van der Waals surface area contributed by atoms with Crippen LogP contribution in [0.2, 0.25) is 10.0 Å². The number of nitrogens with zero attached hydrogens (tertiary/aromatic N) is 2. The summed E-state index contributed by atoms with van der Waals surface area (Å²) in [5.41, 5.74) is -0.392. The number of nitro benzene ring substituents is 1. The van der Waals surface area contributed by atoms with Crippen molar-refractivity contribution in [2.75, 3.05) is 13.1 Å². The maximum absolute atomic E-state index is 13.4. The first-order valence-electron chi connectivity index (χ1n) is 9.70. The SMILES string of the molecule is O=C(O)CCC1CCN(S(=O)(=O)c2cc([N+](=O)[O-])ccc2Oc2cc(Cl)cc(Cl)c2)CC1. The van der Waals surface area contributed by atoms with Crippen molar-refractivity contribution >= 4 is 44.9 Å². The zero-order chi connectivity index (χ0) is 23.5. The summed E-state index contributed by atoms with van der Waals surface area (Å²) in [5.74, 6) is -0.700. The van der Waals surface area contributed by atoms with E-state index >= 15 is 0 Å². The second-order valence-corrected chi connectivity index (χ2v) is 10.2. The Kier molecular flexibility index (Phi) is 7.60. The molecule has 1 N–H and O–H groups in total. The lowest BCUT2D eigenvalue weighted by Gasteiger charge is -2.31. The monoisotopic (exact) mass is 502 g/mol. The van der Waals surface area contributed by atoms with Gasteiger partial charge in [-0.3, -0.25) is 14.9 Å². The highest BCUT2D eigenvalue weighted by molar-refractivity contribution is 7.89. The zero-order valence-electron chi connectivity index (χ0n) is 16.7.